The van der Waals surface area contributed by atoms with Crippen LogP contribution in [0.2, 0.25) is 0 Å². The maximum Gasteiger partial charge on any atom is 0.250 e. The molecule has 0 spiro atoms. The largest absolute Gasteiger partial charge is 0.461 e. The molecule has 0 saturated heterocycles. The number of aryl methyl sites for hydroxylation is 1. The molecule has 0 saturated carbocycles. The first-order valence-electron chi connectivity index (χ1n) is 9.15. The summed E-state index contributed by atoms with van der Waals surface area (Å²) in [5.74, 6) is 1.20. The van der Waals surface area contributed by atoms with E-state index in [1.807, 2.05) is 60.7 Å². The van der Waals surface area contributed by atoms with Crippen molar-refractivity contribution < 1.29 is 9.21 Å². The SMILES string of the molecule is O=C(CCc1ccccc1)n1nc(-c2ccco2)nc1NCc1ccccc1. The van der Waals surface area contributed by atoms with Crippen molar-refractivity contribution in [2.45, 2.75) is 19.4 Å². The predicted molar refractivity (Wildman–Crippen MR) is 107 cm³/mol. The smallest absolute Gasteiger partial charge is 0.250 e. The first kappa shape index (κ1) is 17.7. The summed E-state index contributed by atoms with van der Waals surface area (Å²) in [4.78, 5) is 17.3. The van der Waals surface area contributed by atoms with Gasteiger partial charge in [0.05, 0.1) is 6.26 Å². The van der Waals surface area contributed by atoms with Crippen molar-refractivity contribution in [1.82, 2.24) is 14.8 Å². The Morgan fingerprint density at radius 1 is 0.929 bits per heavy atom. The maximum atomic E-state index is 12.8. The summed E-state index contributed by atoms with van der Waals surface area (Å²) >= 11 is 0. The number of hydrogen-bond donors (Lipinski definition) is 1. The zero-order valence-corrected chi connectivity index (χ0v) is 15.3. The second-order valence-electron chi connectivity index (χ2n) is 6.37. The molecule has 0 aliphatic heterocycles. The van der Waals surface area contributed by atoms with E-state index in [1.54, 1.807) is 18.4 Å². The van der Waals surface area contributed by atoms with E-state index in [9.17, 15) is 4.79 Å². The normalized spacial score (nSPS) is 10.7. The summed E-state index contributed by atoms with van der Waals surface area (Å²) in [6, 6.07) is 23.4. The fourth-order valence-corrected chi connectivity index (χ4v) is 2.89. The molecule has 2 heterocycles. The molecule has 6 nitrogen and oxygen atoms in total. The van der Waals surface area contributed by atoms with Crippen LogP contribution in [0.15, 0.2) is 83.5 Å². The van der Waals surface area contributed by atoms with E-state index >= 15 is 0 Å². The second kappa shape index (κ2) is 8.35. The molecule has 140 valence electrons. The molecule has 28 heavy (non-hydrogen) atoms. The fraction of sp³-hybridized carbons (Fsp3) is 0.136. The Morgan fingerprint density at radius 2 is 1.64 bits per heavy atom. The molecule has 4 aromatic rings. The minimum absolute atomic E-state index is 0.121. The fourth-order valence-electron chi connectivity index (χ4n) is 2.89. The average Bonchev–Trinajstić information content (AvgIpc) is 3.42. The Kier molecular flexibility index (Phi) is 5.29. The molecule has 0 radical (unpaired) electrons. The standard InChI is InChI=1S/C22H20N4O2/c27-20(14-13-17-8-3-1-4-9-17)26-22(23-16-18-10-5-2-6-11-18)24-21(25-26)19-12-7-15-28-19/h1-12,15H,13-14,16H2,(H,23,24,25). The predicted octanol–water partition coefficient (Wildman–Crippen LogP) is 4.42. The third kappa shape index (κ3) is 4.17. The highest BCUT2D eigenvalue weighted by molar-refractivity contribution is 5.81. The average molecular weight is 372 g/mol. The van der Waals surface area contributed by atoms with E-state index in [2.05, 4.69) is 15.4 Å². The van der Waals surface area contributed by atoms with E-state index < -0.39 is 0 Å². The van der Waals surface area contributed by atoms with Gasteiger partial charge in [-0.05, 0) is 29.7 Å². The number of nitrogens with zero attached hydrogens (tertiary/aromatic N) is 3. The monoisotopic (exact) mass is 372 g/mol. The summed E-state index contributed by atoms with van der Waals surface area (Å²) in [6.45, 7) is 0.545. The van der Waals surface area contributed by atoms with Crippen LogP contribution in [0.3, 0.4) is 0 Å². The van der Waals surface area contributed by atoms with Crippen molar-refractivity contribution in [3.05, 3.63) is 90.2 Å². The van der Waals surface area contributed by atoms with Crippen LogP contribution in [-0.2, 0) is 13.0 Å². The highest BCUT2D eigenvalue weighted by Gasteiger charge is 2.18. The van der Waals surface area contributed by atoms with Gasteiger partial charge in [0.15, 0.2) is 5.76 Å². The lowest BCUT2D eigenvalue weighted by molar-refractivity contribution is 0.0890. The first-order chi connectivity index (χ1) is 13.8. The number of aromatic nitrogens is 3. The summed E-state index contributed by atoms with van der Waals surface area (Å²) in [5.41, 5.74) is 2.20. The van der Waals surface area contributed by atoms with Crippen LogP contribution in [0.5, 0.6) is 0 Å². The van der Waals surface area contributed by atoms with Gasteiger partial charge >= 0.3 is 0 Å². The molecule has 0 atom stereocenters. The van der Waals surface area contributed by atoms with Gasteiger partial charge in [0.25, 0.3) is 0 Å². The molecule has 0 fully saturated rings. The van der Waals surface area contributed by atoms with Crippen LogP contribution in [0.25, 0.3) is 11.6 Å². The third-order valence-corrected chi connectivity index (χ3v) is 4.35. The molecule has 0 unspecified atom stereocenters. The Labute approximate surface area is 162 Å². The van der Waals surface area contributed by atoms with Crippen LogP contribution >= 0.6 is 0 Å². The Hall–Kier alpha value is -3.67. The van der Waals surface area contributed by atoms with Crippen LogP contribution < -0.4 is 5.32 Å². The number of hydrogen-bond acceptors (Lipinski definition) is 5. The van der Waals surface area contributed by atoms with E-state index in [4.69, 9.17) is 4.42 Å². The van der Waals surface area contributed by atoms with Gasteiger partial charge in [-0.2, -0.15) is 9.67 Å². The maximum absolute atomic E-state index is 12.8. The van der Waals surface area contributed by atoms with Gasteiger partial charge in [-0.3, -0.25) is 4.79 Å². The lowest BCUT2D eigenvalue weighted by Crippen LogP contribution is -2.17. The van der Waals surface area contributed by atoms with Crippen molar-refractivity contribution in [3.8, 4) is 11.6 Å². The quantitative estimate of drug-likeness (QED) is 0.520. The van der Waals surface area contributed by atoms with E-state index in [0.29, 0.717) is 36.9 Å². The van der Waals surface area contributed by atoms with E-state index in [-0.39, 0.29) is 5.91 Å². The minimum Gasteiger partial charge on any atom is -0.461 e. The molecule has 2 aromatic carbocycles. The Bertz CT molecular complexity index is 1030. The highest BCUT2D eigenvalue weighted by Crippen LogP contribution is 2.19. The van der Waals surface area contributed by atoms with Gasteiger partial charge in [0.1, 0.15) is 0 Å². The number of nitrogens with one attached hydrogen (secondary N) is 1. The van der Waals surface area contributed by atoms with Crippen molar-refractivity contribution in [1.29, 1.82) is 0 Å². The van der Waals surface area contributed by atoms with Crippen LogP contribution in [0.4, 0.5) is 5.95 Å². The molecule has 0 amide bonds. The third-order valence-electron chi connectivity index (χ3n) is 4.35. The molecule has 1 N–H and O–H groups in total. The molecule has 0 aliphatic rings. The second-order valence-corrected chi connectivity index (χ2v) is 6.37. The summed E-state index contributed by atoms with van der Waals surface area (Å²) < 4.78 is 6.72. The van der Waals surface area contributed by atoms with Gasteiger partial charge < -0.3 is 9.73 Å². The first-order valence-corrected chi connectivity index (χ1v) is 9.15. The van der Waals surface area contributed by atoms with Gasteiger partial charge in [0, 0.05) is 13.0 Å². The summed E-state index contributed by atoms with van der Waals surface area (Å²) in [6.07, 6.45) is 2.54. The van der Waals surface area contributed by atoms with Crippen molar-refractivity contribution in [2.75, 3.05) is 5.32 Å². The molecule has 6 heteroatoms. The zero-order valence-electron chi connectivity index (χ0n) is 15.3. The van der Waals surface area contributed by atoms with Gasteiger partial charge in [-0.15, -0.1) is 5.10 Å². The molecular weight excluding hydrogens is 352 g/mol. The van der Waals surface area contributed by atoms with Crippen molar-refractivity contribution in [2.24, 2.45) is 0 Å². The van der Waals surface area contributed by atoms with Crippen molar-refractivity contribution >= 4 is 11.9 Å². The number of rotatable bonds is 7. The molecule has 4 rings (SSSR count). The van der Waals surface area contributed by atoms with Crippen LogP contribution in [-0.4, -0.2) is 20.7 Å². The zero-order chi connectivity index (χ0) is 19.2. The Balaban J connectivity index is 1.54. The molecular formula is C22H20N4O2. The van der Waals surface area contributed by atoms with Crippen molar-refractivity contribution in [3.63, 3.8) is 0 Å². The molecule has 0 aliphatic carbocycles. The lowest BCUT2D eigenvalue weighted by atomic mass is 10.1. The highest BCUT2D eigenvalue weighted by atomic mass is 16.3. The van der Waals surface area contributed by atoms with Crippen LogP contribution in [0.1, 0.15) is 22.3 Å². The van der Waals surface area contributed by atoms with Crippen LogP contribution in [0, 0.1) is 0 Å². The minimum atomic E-state index is -0.121. The van der Waals surface area contributed by atoms with Gasteiger partial charge in [0.2, 0.25) is 17.7 Å². The number of furan rings is 1. The summed E-state index contributed by atoms with van der Waals surface area (Å²) in [5, 5.41) is 7.59. The Morgan fingerprint density at radius 3 is 2.32 bits per heavy atom. The van der Waals surface area contributed by atoms with E-state index in [1.165, 1.54) is 4.68 Å². The summed E-state index contributed by atoms with van der Waals surface area (Å²) in [7, 11) is 0. The lowest BCUT2D eigenvalue weighted by Gasteiger charge is -2.07. The van der Waals surface area contributed by atoms with Gasteiger partial charge in [-0.25, -0.2) is 0 Å². The molecule has 2 aromatic heterocycles. The molecule has 0 bridgehead atoms. The number of carbonyl (C=O) groups is 1. The van der Waals surface area contributed by atoms with E-state index in [0.717, 1.165) is 11.1 Å². The number of benzene rings is 2. The number of carbonyl (C=O) groups excluding carboxylic acids is 1. The number of anilines is 1. The topological polar surface area (TPSA) is 73.0 Å². The van der Waals surface area contributed by atoms with Gasteiger partial charge in [-0.1, -0.05) is 60.7 Å².